The number of amides is 1. The summed E-state index contributed by atoms with van der Waals surface area (Å²) in [6.45, 7) is 1.54. The zero-order chi connectivity index (χ0) is 24.6. The number of anilines is 2. The summed E-state index contributed by atoms with van der Waals surface area (Å²) in [6.07, 6.45) is 4.22. The first kappa shape index (κ1) is 22.2. The minimum Gasteiger partial charge on any atom is -0.274 e. The van der Waals surface area contributed by atoms with Crippen molar-refractivity contribution in [3.8, 4) is 11.3 Å². The average molecular weight is 492 g/mol. The molecule has 0 saturated heterocycles. The van der Waals surface area contributed by atoms with Crippen LogP contribution in [-0.4, -0.2) is 22.8 Å². The molecule has 0 radical (unpaired) electrons. The second-order valence-corrected chi connectivity index (χ2v) is 9.77. The van der Waals surface area contributed by atoms with Crippen LogP contribution in [0, 0.1) is 0 Å². The van der Waals surface area contributed by atoms with E-state index in [0.29, 0.717) is 12.2 Å². The van der Waals surface area contributed by atoms with Crippen molar-refractivity contribution in [3.63, 3.8) is 0 Å². The lowest BCUT2D eigenvalue weighted by molar-refractivity contribution is -0.552. The van der Waals surface area contributed by atoms with Gasteiger partial charge >= 0.3 is 11.7 Å². The molecular formula is C29H23N4O2S+. The molecule has 2 aliphatic heterocycles. The summed E-state index contributed by atoms with van der Waals surface area (Å²) >= 11 is 1.50. The second kappa shape index (κ2) is 9.09. The highest BCUT2D eigenvalue weighted by Gasteiger charge is 2.41. The Morgan fingerprint density at radius 3 is 2.47 bits per heavy atom. The molecule has 7 heteroatoms. The maximum Gasteiger partial charge on any atom is 0.363 e. The highest BCUT2D eigenvalue weighted by Crippen LogP contribution is 2.46. The van der Waals surface area contributed by atoms with Gasteiger partial charge in [-0.05, 0) is 17.7 Å². The molecule has 36 heavy (non-hydrogen) atoms. The van der Waals surface area contributed by atoms with Gasteiger partial charge in [0.25, 0.3) is 0 Å². The van der Waals surface area contributed by atoms with Gasteiger partial charge in [-0.1, -0.05) is 84.6 Å². The number of aromatic nitrogens is 2. The maximum atomic E-state index is 13.6. The fourth-order valence-corrected chi connectivity index (χ4v) is 5.75. The van der Waals surface area contributed by atoms with Crippen LogP contribution in [0.15, 0.2) is 107 Å². The molecule has 2 aliphatic rings. The Labute approximate surface area is 213 Å². The molecule has 1 N–H and O–H groups in total. The number of hydrogen-bond acceptors (Lipinski definition) is 5. The molecule has 0 fully saturated rings. The van der Waals surface area contributed by atoms with Crippen molar-refractivity contribution >= 4 is 35.1 Å². The topological polar surface area (TPSA) is 66.2 Å². The van der Waals surface area contributed by atoms with E-state index in [4.69, 9.17) is 4.98 Å². The van der Waals surface area contributed by atoms with Gasteiger partial charge in [0.05, 0.1) is 10.7 Å². The van der Waals surface area contributed by atoms with Crippen molar-refractivity contribution in [2.45, 2.75) is 24.3 Å². The van der Waals surface area contributed by atoms with Crippen LogP contribution >= 0.6 is 11.8 Å². The lowest BCUT2D eigenvalue weighted by atomic mass is 10.1. The van der Waals surface area contributed by atoms with E-state index in [1.165, 1.54) is 18.7 Å². The van der Waals surface area contributed by atoms with E-state index in [-0.39, 0.29) is 11.8 Å². The van der Waals surface area contributed by atoms with E-state index in [9.17, 15) is 9.59 Å². The van der Waals surface area contributed by atoms with Crippen LogP contribution < -0.4 is 14.8 Å². The Balaban J connectivity index is 1.41. The van der Waals surface area contributed by atoms with Gasteiger partial charge in [-0.2, -0.15) is 4.57 Å². The summed E-state index contributed by atoms with van der Waals surface area (Å²) in [5, 5.41) is 4.11. The predicted octanol–water partition coefficient (Wildman–Crippen LogP) is 5.06. The van der Waals surface area contributed by atoms with Gasteiger partial charge in [-0.3, -0.25) is 15.0 Å². The minimum absolute atomic E-state index is 0.0906. The molecule has 1 unspecified atom stereocenters. The number of carbonyl (C=O) groups is 2. The molecule has 6 nitrogen and oxygen atoms in total. The largest absolute Gasteiger partial charge is 0.363 e. The number of nitrogens with one attached hydrogen (secondary N) is 1. The molecular weight excluding hydrogens is 468 g/mol. The summed E-state index contributed by atoms with van der Waals surface area (Å²) in [4.78, 5) is 33.8. The highest BCUT2D eigenvalue weighted by molar-refractivity contribution is 8.03. The van der Waals surface area contributed by atoms with Crippen molar-refractivity contribution in [3.05, 3.63) is 113 Å². The van der Waals surface area contributed by atoms with Crippen LogP contribution in [0.25, 0.3) is 11.3 Å². The van der Waals surface area contributed by atoms with Gasteiger partial charge in [-0.15, -0.1) is 0 Å². The van der Waals surface area contributed by atoms with E-state index in [2.05, 4.69) is 17.4 Å². The molecule has 176 valence electrons. The molecule has 1 aromatic heterocycles. The van der Waals surface area contributed by atoms with Crippen molar-refractivity contribution in [1.29, 1.82) is 0 Å². The molecule has 0 aliphatic carbocycles. The van der Waals surface area contributed by atoms with Crippen molar-refractivity contribution < 1.29 is 14.2 Å². The third-order valence-corrected chi connectivity index (χ3v) is 7.36. The Kier molecular flexibility index (Phi) is 5.62. The Morgan fingerprint density at radius 1 is 1.03 bits per heavy atom. The number of benzene rings is 3. The Morgan fingerprint density at radius 2 is 1.72 bits per heavy atom. The first-order valence-electron chi connectivity index (χ1n) is 11.7. The van der Waals surface area contributed by atoms with E-state index in [0.717, 1.165) is 38.1 Å². The number of hydrogen-bond donors (Lipinski definition) is 1. The molecule has 3 heterocycles. The van der Waals surface area contributed by atoms with E-state index < -0.39 is 6.04 Å². The lowest BCUT2D eigenvalue weighted by Gasteiger charge is -2.16. The van der Waals surface area contributed by atoms with Crippen LogP contribution in [0.4, 0.5) is 11.5 Å². The van der Waals surface area contributed by atoms with Crippen LogP contribution in [0.5, 0.6) is 0 Å². The molecule has 0 bridgehead atoms. The third-order valence-electron chi connectivity index (χ3n) is 6.27. The molecule has 6 rings (SSSR count). The van der Waals surface area contributed by atoms with Crippen LogP contribution in [0.1, 0.15) is 23.0 Å². The molecule has 0 spiro atoms. The lowest BCUT2D eigenvalue weighted by Crippen LogP contribution is -2.43. The number of fused-ring (bicyclic) bond motifs is 2. The van der Waals surface area contributed by atoms with Crippen LogP contribution in [0.2, 0.25) is 0 Å². The highest BCUT2D eigenvalue weighted by atomic mass is 32.2. The quantitative estimate of drug-likeness (QED) is 0.404. The van der Waals surface area contributed by atoms with Crippen LogP contribution in [0.3, 0.4) is 0 Å². The van der Waals surface area contributed by atoms with Gasteiger partial charge in [0.1, 0.15) is 17.6 Å². The third kappa shape index (κ3) is 3.97. The summed E-state index contributed by atoms with van der Waals surface area (Å²) in [5.41, 5.74) is 4.43. The smallest absolute Gasteiger partial charge is 0.274 e. The standard InChI is InChI=1S/C29H22N4O2S/c1-19(34)33-25-14-8-9-15-26(25)36-27(33)17-23-29(35)32-18-24(21-12-6-3-7-13-21)30-22(28(32)31-23)16-20-10-4-2-5-11-20/h2-15,17-18,23H,16H2,1H3/p+1. The fourth-order valence-electron chi connectivity index (χ4n) is 4.59. The van der Waals surface area contributed by atoms with Gasteiger partial charge < -0.3 is 0 Å². The molecule has 4 aromatic rings. The normalized spacial score (nSPS) is 17.1. The number of para-hydroxylation sites is 1. The summed E-state index contributed by atoms with van der Waals surface area (Å²) < 4.78 is 1.67. The number of rotatable bonds is 4. The fraction of sp³-hybridized carbons (Fsp3) is 0.103. The maximum absolute atomic E-state index is 13.6. The number of thioether (sulfide) groups is 1. The molecule has 1 atom stereocenters. The van der Waals surface area contributed by atoms with E-state index >= 15 is 0 Å². The monoisotopic (exact) mass is 491 g/mol. The summed E-state index contributed by atoms with van der Waals surface area (Å²) in [7, 11) is 0. The second-order valence-electron chi connectivity index (χ2n) is 8.71. The number of nitrogens with zero attached hydrogens (tertiary/aromatic N) is 3. The van der Waals surface area contributed by atoms with Gasteiger partial charge in [-0.25, -0.2) is 9.78 Å². The van der Waals surface area contributed by atoms with Gasteiger partial charge in [0.15, 0.2) is 0 Å². The molecule has 3 aromatic carbocycles. The zero-order valence-corrected chi connectivity index (χ0v) is 20.4. The van der Waals surface area contributed by atoms with E-state index in [1.54, 1.807) is 15.7 Å². The first-order valence-corrected chi connectivity index (χ1v) is 12.6. The van der Waals surface area contributed by atoms with E-state index in [1.807, 2.05) is 78.9 Å². The van der Waals surface area contributed by atoms with Crippen molar-refractivity contribution in [2.75, 3.05) is 10.2 Å². The Hall–Kier alpha value is -4.23. The zero-order valence-electron chi connectivity index (χ0n) is 19.6. The predicted molar refractivity (Wildman–Crippen MR) is 141 cm³/mol. The van der Waals surface area contributed by atoms with Crippen molar-refractivity contribution in [2.24, 2.45) is 0 Å². The minimum atomic E-state index is -0.619. The van der Waals surface area contributed by atoms with Crippen LogP contribution in [-0.2, 0) is 11.2 Å². The number of carbonyl (C=O) groups excluding carboxylic acids is 2. The molecule has 0 saturated carbocycles. The Bertz CT molecular complexity index is 1520. The van der Waals surface area contributed by atoms with Crippen molar-refractivity contribution in [1.82, 2.24) is 4.98 Å². The van der Waals surface area contributed by atoms with Gasteiger partial charge in [0.2, 0.25) is 11.9 Å². The molecule has 1 amide bonds. The first-order chi connectivity index (χ1) is 17.6. The SMILES string of the molecule is CC(=O)N1C(=CC2Nc3c(Cc4ccccc4)nc(-c4ccccc4)c[n+]3C2=O)Sc2ccccc21. The summed E-state index contributed by atoms with van der Waals surface area (Å²) in [5.74, 6) is 0.485. The summed E-state index contributed by atoms with van der Waals surface area (Å²) in [6, 6.07) is 27.1. The average Bonchev–Trinajstić information content (AvgIpc) is 3.43. The van der Waals surface area contributed by atoms with Gasteiger partial charge in [0, 0.05) is 29.9 Å².